The number of amides is 1. The van der Waals surface area contributed by atoms with Crippen LogP contribution >= 0.6 is 22.6 Å². The van der Waals surface area contributed by atoms with Crippen molar-refractivity contribution in [1.29, 1.82) is 0 Å². The van der Waals surface area contributed by atoms with Crippen LogP contribution in [0.15, 0.2) is 12.1 Å². The third-order valence-corrected chi connectivity index (χ3v) is 3.18. The number of carbonyl (C=O) groups excluding carboxylic acids is 2. The van der Waals surface area contributed by atoms with Crippen molar-refractivity contribution < 1.29 is 14.3 Å². The molecule has 0 aromatic heterocycles. The van der Waals surface area contributed by atoms with E-state index in [0.717, 1.165) is 9.13 Å². The van der Waals surface area contributed by atoms with Gasteiger partial charge >= 0.3 is 5.97 Å². The summed E-state index contributed by atoms with van der Waals surface area (Å²) in [5.41, 5.74) is 1.85. The fourth-order valence-corrected chi connectivity index (χ4v) is 1.72. The third-order valence-electron chi connectivity index (χ3n) is 2.01. The molecule has 0 saturated heterocycles. The maximum atomic E-state index is 11.5. The summed E-state index contributed by atoms with van der Waals surface area (Å²) in [4.78, 5) is 22.5. The van der Waals surface area contributed by atoms with Crippen LogP contribution in [0, 0.1) is 10.5 Å². The molecule has 0 aliphatic heterocycles. The number of halogens is 1. The van der Waals surface area contributed by atoms with Crippen LogP contribution in [0.3, 0.4) is 0 Å². The summed E-state index contributed by atoms with van der Waals surface area (Å²) in [6.07, 6.45) is 0. The molecule has 1 amide bonds. The lowest BCUT2D eigenvalue weighted by Crippen LogP contribution is -2.12. The first-order valence-electron chi connectivity index (χ1n) is 4.61. The maximum Gasteiger partial charge on any atom is 0.340 e. The molecule has 86 valence electrons. The number of methoxy groups -OCH3 is 1. The van der Waals surface area contributed by atoms with Crippen LogP contribution in [0.25, 0.3) is 0 Å². The largest absolute Gasteiger partial charge is 0.465 e. The Bertz CT molecular complexity index is 443. The molecule has 0 radical (unpaired) electrons. The van der Waals surface area contributed by atoms with Gasteiger partial charge in [0.1, 0.15) is 0 Å². The molecule has 0 heterocycles. The number of esters is 1. The van der Waals surface area contributed by atoms with Gasteiger partial charge in [-0.05, 0) is 47.2 Å². The fourth-order valence-electron chi connectivity index (χ4n) is 1.25. The Hall–Kier alpha value is -1.11. The standard InChI is InChI=1S/C11H12INO3/c1-6-4-10(13-7(2)14)8(5-9(6)12)11(15)16-3/h4-5H,1-3H3,(H,13,14). The monoisotopic (exact) mass is 333 g/mol. The van der Waals surface area contributed by atoms with Crippen LogP contribution in [-0.4, -0.2) is 19.0 Å². The van der Waals surface area contributed by atoms with Gasteiger partial charge in [-0.1, -0.05) is 0 Å². The molecule has 0 atom stereocenters. The van der Waals surface area contributed by atoms with Crippen LogP contribution < -0.4 is 5.32 Å². The van der Waals surface area contributed by atoms with Gasteiger partial charge in [-0.15, -0.1) is 0 Å². The van der Waals surface area contributed by atoms with Gasteiger partial charge in [0.25, 0.3) is 0 Å². The Balaban J connectivity index is 3.27. The summed E-state index contributed by atoms with van der Waals surface area (Å²) in [6, 6.07) is 3.46. The zero-order chi connectivity index (χ0) is 12.3. The molecule has 0 saturated carbocycles. The maximum absolute atomic E-state index is 11.5. The fraction of sp³-hybridized carbons (Fsp3) is 0.273. The zero-order valence-electron chi connectivity index (χ0n) is 9.26. The van der Waals surface area contributed by atoms with Crippen molar-refractivity contribution in [3.63, 3.8) is 0 Å². The van der Waals surface area contributed by atoms with Gasteiger partial charge in [-0.25, -0.2) is 4.79 Å². The van der Waals surface area contributed by atoms with Crippen molar-refractivity contribution >= 4 is 40.2 Å². The average molecular weight is 333 g/mol. The second-order valence-electron chi connectivity index (χ2n) is 3.32. The number of hydrogen-bond donors (Lipinski definition) is 1. The minimum Gasteiger partial charge on any atom is -0.465 e. The van der Waals surface area contributed by atoms with Crippen molar-refractivity contribution in [2.75, 3.05) is 12.4 Å². The zero-order valence-corrected chi connectivity index (χ0v) is 11.4. The lowest BCUT2D eigenvalue weighted by molar-refractivity contribution is -0.114. The minimum absolute atomic E-state index is 0.217. The number of rotatable bonds is 2. The quantitative estimate of drug-likeness (QED) is 0.668. The van der Waals surface area contributed by atoms with E-state index in [1.807, 2.05) is 6.92 Å². The molecule has 0 spiro atoms. The van der Waals surface area contributed by atoms with Crippen LogP contribution in [0.5, 0.6) is 0 Å². The SMILES string of the molecule is COC(=O)c1cc(I)c(C)cc1NC(C)=O. The average Bonchev–Trinajstić information content (AvgIpc) is 2.21. The predicted molar refractivity (Wildman–Crippen MR) is 69.5 cm³/mol. The molecule has 16 heavy (non-hydrogen) atoms. The predicted octanol–water partition coefficient (Wildman–Crippen LogP) is 2.34. The van der Waals surface area contributed by atoms with E-state index in [-0.39, 0.29) is 5.91 Å². The Morgan fingerprint density at radius 2 is 2.00 bits per heavy atom. The van der Waals surface area contributed by atoms with Crippen molar-refractivity contribution in [1.82, 2.24) is 0 Å². The topological polar surface area (TPSA) is 55.4 Å². The lowest BCUT2D eigenvalue weighted by Gasteiger charge is -2.10. The summed E-state index contributed by atoms with van der Waals surface area (Å²) in [5.74, 6) is -0.674. The van der Waals surface area contributed by atoms with Gasteiger partial charge in [0.15, 0.2) is 0 Å². The van der Waals surface area contributed by atoms with Crippen LogP contribution in [0.2, 0.25) is 0 Å². The molecule has 1 aromatic rings. The molecule has 0 aliphatic rings. The normalized spacial score (nSPS) is 9.75. The van der Waals surface area contributed by atoms with E-state index >= 15 is 0 Å². The summed E-state index contributed by atoms with van der Waals surface area (Å²) >= 11 is 2.13. The molecule has 1 N–H and O–H groups in total. The van der Waals surface area contributed by atoms with E-state index in [4.69, 9.17) is 0 Å². The van der Waals surface area contributed by atoms with Crippen molar-refractivity contribution in [2.24, 2.45) is 0 Å². The molecule has 5 heteroatoms. The highest BCUT2D eigenvalue weighted by atomic mass is 127. The van der Waals surface area contributed by atoms with Gasteiger partial charge in [0.2, 0.25) is 5.91 Å². The van der Waals surface area contributed by atoms with E-state index in [9.17, 15) is 9.59 Å². The molecule has 4 nitrogen and oxygen atoms in total. The number of benzene rings is 1. The Kier molecular flexibility index (Phi) is 4.28. The van der Waals surface area contributed by atoms with Crippen LogP contribution in [0.1, 0.15) is 22.8 Å². The summed E-state index contributed by atoms with van der Waals surface area (Å²) < 4.78 is 5.61. The first-order chi connectivity index (χ1) is 7.45. The lowest BCUT2D eigenvalue weighted by atomic mass is 10.1. The number of anilines is 1. The highest BCUT2D eigenvalue weighted by Crippen LogP contribution is 2.23. The smallest absolute Gasteiger partial charge is 0.340 e. The molecule has 0 unspecified atom stereocenters. The number of nitrogens with one attached hydrogen (secondary N) is 1. The molecule has 0 aliphatic carbocycles. The molecule has 1 aromatic carbocycles. The molecule has 0 bridgehead atoms. The van der Waals surface area contributed by atoms with Crippen LogP contribution in [-0.2, 0) is 9.53 Å². The van der Waals surface area contributed by atoms with Crippen LogP contribution in [0.4, 0.5) is 5.69 Å². The van der Waals surface area contributed by atoms with Gasteiger partial charge in [0.05, 0.1) is 18.4 Å². The number of aryl methyl sites for hydroxylation is 1. The molecule has 1 rings (SSSR count). The first-order valence-corrected chi connectivity index (χ1v) is 5.69. The molecule has 0 fully saturated rings. The Labute approximate surface area is 108 Å². The third kappa shape index (κ3) is 2.94. The van der Waals surface area contributed by atoms with E-state index < -0.39 is 5.97 Å². The number of ether oxygens (including phenoxy) is 1. The van der Waals surface area contributed by atoms with Gasteiger partial charge < -0.3 is 10.1 Å². The van der Waals surface area contributed by atoms with E-state index in [2.05, 4.69) is 32.6 Å². The second kappa shape index (κ2) is 5.29. The summed E-state index contributed by atoms with van der Waals surface area (Å²) in [7, 11) is 1.31. The van der Waals surface area contributed by atoms with Gasteiger partial charge in [0, 0.05) is 10.5 Å². The van der Waals surface area contributed by atoms with E-state index in [0.29, 0.717) is 11.3 Å². The van der Waals surface area contributed by atoms with E-state index in [1.165, 1.54) is 14.0 Å². The highest BCUT2D eigenvalue weighted by molar-refractivity contribution is 14.1. The summed E-state index contributed by atoms with van der Waals surface area (Å²) in [6.45, 7) is 3.31. The minimum atomic E-state index is -0.457. The van der Waals surface area contributed by atoms with Gasteiger partial charge in [-0.3, -0.25) is 4.79 Å². The Morgan fingerprint density at radius 1 is 1.38 bits per heavy atom. The highest BCUT2D eigenvalue weighted by Gasteiger charge is 2.14. The second-order valence-corrected chi connectivity index (χ2v) is 4.48. The number of hydrogen-bond acceptors (Lipinski definition) is 3. The van der Waals surface area contributed by atoms with Gasteiger partial charge in [-0.2, -0.15) is 0 Å². The Morgan fingerprint density at radius 3 is 2.50 bits per heavy atom. The molecular weight excluding hydrogens is 321 g/mol. The number of carbonyl (C=O) groups is 2. The van der Waals surface area contributed by atoms with Crippen molar-refractivity contribution in [2.45, 2.75) is 13.8 Å². The summed E-state index contributed by atoms with van der Waals surface area (Å²) in [5, 5.41) is 2.61. The first kappa shape index (κ1) is 13.0. The van der Waals surface area contributed by atoms with Crippen molar-refractivity contribution in [3.05, 3.63) is 26.8 Å². The van der Waals surface area contributed by atoms with Crippen molar-refractivity contribution in [3.8, 4) is 0 Å². The molecular formula is C11H12INO3. The van der Waals surface area contributed by atoms with E-state index in [1.54, 1.807) is 12.1 Å².